The molecule has 0 aromatic carbocycles. The van der Waals surface area contributed by atoms with Gasteiger partial charge >= 0.3 is 0 Å². The molecule has 13 heavy (non-hydrogen) atoms. The van der Waals surface area contributed by atoms with E-state index >= 15 is 0 Å². The summed E-state index contributed by atoms with van der Waals surface area (Å²) in [7, 11) is 3.98. The Morgan fingerprint density at radius 2 is 2.38 bits per heavy atom. The summed E-state index contributed by atoms with van der Waals surface area (Å²) in [5, 5.41) is 4.29. The lowest BCUT2D eigenvalue weighted by atomic mass is 10.3. The summed E-state index contributed by atoms with van der Waals surface area (Å²) in [6, 6.07) is 2.24. The minimum atomic E-state index is 0.216. The first-order valence-electron chi connectivity index (χ1n) is 4.50. The van der Waals surface area contributed by atoms with Gasteiger partial charge < -0.3 is 5.73 Å². The smallest absolute Gasteiger partial charge is 0.0764 e. The molecule has 4 heteroatoms. The molecule has 0 spiro atoms. The molecule has 2 N–H and O–H groups in total. The van der Waals surface area contributed by atoms with Crippen molar-refractivity contribution in [2.75, 3.05) is 13.6 Å². The summed E-state index contributed by atoms with van der Waals surface area (Å²) in [5.41, 5.74) is 6.77. The number of rotatable bonds is 4. The normalized spacial score (nSPS) is 13.6. The van der Waals surface area contributed by atoms with Gasteiger partial charge in [-0.05, 0) is 20.0 Å². The van der Waals surface area contributed by atoms with E-state index in [9.17, 15) is 0 Å². The van der Waals surface area contributed by atoms with E-state index in [-0.39, 0.29) is 6.04 Å². The Morgan fingerprint density at radius 3 is 2.85 bits per heavy atom. The van der Waals surface area contributed by atoms with Crippen LogP contribution in [0.15, 0.2) is 12.3 Å². The number of hydrogen-bond donors (Lipinski definition) is 1. The lowest BCUT2D eigenvalue weighted by molar-refractivity contribution is 0.305. The second kappa shape index (κ2) is 4.39. The molecule has 0 saturated carbocycles. The molecule has 1 atom stereocenters. The van der Waals surface area contributed by atoms with Gasteiger partial charge in [-0.1, -0.05) is 0 Å². The number of nitrogens with zero attached hydrogens (tertiary/aromatic N) is 3. The van der Waals surface area contributed by atoms with Crippen LogP contribution in [0.3, 0.4) is 0 Å². The third kappa shape index (κ3) is 3.57. The molecule has 0 bridgehead atoms. The van der Waals surface area contributed by atoms with Crippen molar-refractivity contribution in [2.24, 2.45) is 12.8 Å². The van der Waals surface area contributed by atoms with E-state index in [1.165, 1.54) is 0 Å². The zero-order chi connectivity index (χ0) is 9.84. The zero-order valence-electron chi connectivity index (χ0n) is 8.57. The number of hydrogen-bond acceptors (Lipinski definition) is 3. The van der Waals surface area contributed by atoms with Gasteiger partial charge in [-0.25, -0.2) is 0 Å². The third-order valence-corrected chi connectivity index (χ3v) is 1.80. The topological polar surface area (TPSA) is 47.1 Å². The van der Waals surface area contributed by atoms with Gasteiger partial charge in [-0.2, -0.15) is 5.10 Å². The van der Waals surface area contributed by atoms with Gasteiger partial charge in [0.1, 0.15) is 0 Å². The van der Waals surface area contributed by atoms with Gasteiger partial charge in [0.25, 0.3) is 0 Å². The predicted octanol–water partition coefficient (Wildman–Crippen LogP) is 0.199. The predicted molar refractivity (Wildman–Crippen MR) is 53.2 cm³/mol. The van der Waals surface area contributed by atoms with E-state index in [1.54, 1.807) is 0 Å². The molecule has 0 radical (unpaired) electrons. The molecule has 1 rings (SSSR count). The quantitative estimate of drug-likeness (QED) is 0.723. The van der Waals surface area contributed by atoms with Crippen molar-refractivity contribution in [3.8, 4) is 0 Å². The molecule has 1 aromatic rings. The molecule has 0 aliphatic rings. The van der Waals surface area contributed by atoms with Gasteiger partial charge in [-0.3, -0.25) is 9.58 Å². The van der Waals surface area contributed by atoms with E-state index < -0.39 is 0 Å². The minimum Gasteiger partial charge on any atom is -0.327 e. The third-order valence-electron chi connectivity index (χ3n) is 1.80. The van der Waals surface area contributed by atoms with Crippen LogP contribution in [-0.4, -0.2) is 34.3 Å². The molecule has 1 unspecified atom stereocenters. The highest BCUT2D eigenvalue weighted by Crippen LogP contribution is 1.99. The molecule has 0 fully saturated rings. The van der Waals surface area contributed by atoms with Gasteiger partial charge in [0.05, 0.1) is 5.69 Å². The van der Waals surface area contributed by atoms with E-state index in [4.69, 9.17) is 5.73 Å². The van der Waals surface area contributed by atoms with E-state index in [2.05, 4.69) is 17.0 Å². The number of nitrogens with two attached hydrogens (primary N) is 1. The molecule has 0 saturated heterocycles. The molecule has 0 amide bonds. The molecule has 0 aliphatic heterocycles. The Hall–Kier alpha value is -0.870. The maximum atomic E-state index is 5.68. The van der Waals surface area contributed by atoms with Crippen molar-refractivity contribution in [1.82, 2.24) is 14.7 Å². The Bertz CT molecular complexity index is 254. The summed E-state index contributed by atoms with van der Waals surface area (Å²) in [6.45, 7) is 3.77. The Labute approximate surface area is 79.3 Å². The summed E-state index contributed by atoms with van der Waals surface area (Å²) >= 11 is 0. The highest BCUT2D eigenvalue weighted by Gasteiger charge is 2.04. The van der Waals surface area contributed by atoms with Crippen LogP contribution in [0, 0.1) is 0 Å². The minimum absolute atomic E-state index is 0.216. The van der Waals surface area contributed by atoms with Gasteiger partial charge in [0.2, 0.25) is 0 Å². The second-order valence-electron chi connectivity index (χ2n) is 3.65. The summed E-state index contributed by atoms with van der Waals surface area (Å²) in [5.74, 6) is 0. The van der Waals surface area contributed by atoms with E-state index in [0.717, 1.165) is 18.8 Å². The van der Waals surface area contributed by atoms with Crippen LogP contribution in [0.4, 0.5) is 0 Å². The van der Waals surface area contributed by atoms with Crippen LogP contribution < -0.4 is 5.73 Å². The first-order chi connectivity index (χ1) is 6.08. The first kappa shape index (κ1) is 10.2. The average Bonchev–Trinajstić information content (AvgIpc) is 2.33. The number of aromatic nitrogens is 2. The largest absolute Gasteiger partial charge is 0.327 e. The summed E-state index contributed by atoms with van der Waals surface area (Å²) in [4.78, 5) is 2.17. The van der Waals surface area contributed by atoms with Crippen molar-refractivity contribution >= 4 is 0 Å². The second-order valence-corrected chi connectivity index (χ2v) is 3.65. The fraction of sp³-hybridized carbons (Fsp3) is 0.667. The Morgan fingerprint density at radius 1 is 1.69 bits per heavy atom. The van der Waals surface area contributed by atoms with Crippen LogP contribution in [-0.2, 0) is 13.6 Å². The van der Waals surface area contributed by atoms with Gasteiger partial charge in [-0.15, -0.1) is 0 Å². The number of likely N-dealkylation sites (N-methyl/N-ethyl adjacent to an activating group) is 1. The van der Waals surface area contributed by atoms with Crippen molar-refractivity contribution in [1.29, 1.82) is 0 Å². The highest BCUT2D eigenvalue weighted by molar-refractivity contribution is 4.98. The fourth-order valence-corrected chi connectivity index (χ4v) is 1.38. The molecule has 1 heterocycles. The van der Waals surface area contributed by atoms with E-state index in [1.807, 2.05) is 30.9 Å². The van der Waals surface area contributed by atoms with Crippen molar-refractivity contribution in [2.45, 2.75) is 19.5 Å². The van der Waals surface area contributed by atoms with Crippen molar-refractivity contribution in [3.05, 3.63) is 18.0 Å². The summed E-state index contributed by atoms with van der Waals surface area (Å²) in [6.07, 6.45) is 1.95. The lowest BCUT2D eigenvalue weighted by Crippen LogP contribution is -2.32. The van der Waals surface area contributed by atoms with Crippen LogP contribution in [0.1, 0.15) is 12.6 Å². The van der Waals surface area contributed by atoms with Crippen LogP contribution >= 0.6 is 0 Å². The van der Waals surface area contributed by atoms with E-state index in [0.29, 0.717) is 0 Å². The Kier molecular flexibility index (Phi) is 3.45. The van der Waals surface area contributed by atoms with Crippen LogP contribution in [0.25, 0.3) is 0 Å². The standard InChI is InChI=1S/C9H18N4/c1-8(10)6-12(2)7-9-4-5-13(3)11-9/h4-5,8H,6-7,10H2,1-3H3. The number of aryl methyl sites for hydroxylation is 1. The molecule has 74 valence electrons. The molecular weight excluding hydrogens is 164 g/mol. The maximum absolute atomic E-state index is 5.68. The summed E-state index contributed by atoms with van der Waals surface area (Å²) < 4.78 is 1.81. The SMILES string of the molecule is CC(N)CN(C)Cc1ccn(C)n1. The van der Waals surface area contributed by atoms with Crippen LogP contribution in [0.5, 0.6) is 0 Å². The highest BCUT2D eigenvalue weighted by atomic mass is 15.3. The Balaban J connectivity index is 2.40. The van der Waals surface area contributed by atoms with Crippen molar-refractivity contribution < 1.29 is 0 Å². The lowest BCUT2D eigenvalue weighted by Gasteiger charge is -2.17. The average molecular weight is 182 g/mol. The zero-order valence-corrected chi connectivity index (χ0v) is 8.57. The fourth-order valence-electron chi connectivity index (χ4n) is 1.38. The van der Waals surface area contributed by atoms with Gasteiger partial charge in [0, 0.05) is 32.4 Å². The monoisotopic (exact) mass is 182 g/mol. The molecular formula is C9H18N4. The molecule has 4 nitrogen and oxygen atoms in total. The molecule has 1 aromatic heterocycles. The van der Waals surface area contributed by atoms with Crippen LogP contribution in [0.2, 0.25) is 0 Å². The maximum Gasteiger partial charge on any atom is 0.0764 e. The van der Waals surface area contributed by atoms with Gasteiger partial charge in [0.15, 0.2) is 0 Å². The van der Waals surface area contributed by atoms with Crippen molar-refractivity contribution in [3.63, 3.8) is 0 Å². The molecule has 0 aliphatic carbocycles. The first-order valence-corrected chi connectivity index (χ1v) is 4.50.